The fourth-order valence-electron chi connectivity index (χ4n) is 1.88. The predicted octanol–water partition coefficient (Wildman–Crippen LogP) is 2.04. The molecule has 0 fully saturated rings. The molecule has 6 heteroatoms. The van der Waals surface area contributed by atoms with Gasteiger partial charge in [0.25, 0.3) is 0 Å². The van der Waals surface area contributed by atoms with Gasteiger partial charge >= 0.3 is 0 Å². The molecule has 1 aromatic heterocycles. The van der Waals surface area contributed by atoms with E-state index in [1.165, 1.54) is 0 Å². The second kappa shape index (κ2) is 6.79. The number of methoxy groups -OCH3 is 2. The number of aromatic nitrogens is 3. The quantitative estimate of drug-likeness (QED) is 0.809. The Labute approximate surface area is 118 Å². The molecule has 0 saturated heterocycles. The van der Waals surface area contributed by atoms with E-state index in [2.05, 4.69) is 20.5 Å². The molecule has 0 saturated carbocycles. The van der Waals surface area contributed by atoms with Gasteiger partial charge in [0, 0.05) is 31.1 Å². The van der Waals surface area contributed by atoms with Crippen LogP contribution in [0.3, 0.4) is 0 Å². The van der Waals surface area contributed by atoms with Gasteiger partial charge in [-0.1, -0.05) is 6.92 Å². The minimum absolute atomic E-state index is 0.713. The Balaban J connectivity index is 1.90. The van der Waals surface area contributed by atoms with Crippen molar-refractivity contribution in [2.24, 2.45) is 0 Å². The van der Waals surface area contributed by atoms with Gasteiger partial charge in [-0.25, -0.2) is 4.98 Å². The SMILES string of the molecule is CCc1n[nH]c(CCNc2ccc(OC)c(OC)c2)n1. The molecule has 0 aliphatic rings. The molecule has 0 radical (unpaired) electrons. The molecular weight excluding hydrogens is 256 g/mol. The first-order chi connectivity index (χ1) is 9.76. The van der Waals surface area contributed by atoms with E-state index in [0.29, 0.717) is 5.75 Å². The maximum atomic E-state index is 5.27. The molecular formula is C14H20N4O2. The van der Waals surface area contributed by atoms with Crippen LogP contribution in [0.15, 0.2) is 18.2 Å². The number of aryl methyl sites for hydroxylation is 1. The summed E-state index contributed by atoms with van der Waals surface area (Å²) in [7, 11) is 3.25. The van der Waals surface area contributed by atoms with Crippen molar-refractivity contribution in [3.8, 4) is 11.5 Å². The Morgan fingerprint density at radius 3 is 2.65 bits per heavy atom. The van der Waals surface area contributed by atoms with Gasteiger partial charge in [-0.15, -0.1) is 0 Å². The van der Waals surface area contributed by atoms with Crippen molar-refractivity contribution >= 4 is 5.69 Å². The van der Waals surface area contributed by atoms with Gasteiger partial charge in [0.1, 0.15) is 11.6 Å². The maximum absolute atomic E-state index is 5.27. The molecule has 2 N–H and O–H groups in total. The number of anilines is 1. The minimum Gasteiger partial charge on any atom is -0.493 e. The molecule has 0 unspecified atom stereocenters. The number of ether oxygens (including phenoxy) is 2. The van der Waals surface area contributed by atoms with Gasteiger partial charge in [0.05, 0.1) is 14.2 Å². The van der Waals surface area contributed by atoms with Crippen LogP contribution in [0, 0.1) is 0 Å². The standard InChI is InChI=1S/C14H20N4O2/c1-4-13-16-14(18-17-13)7-8-15-10-5-6-11(19-2)12(9-10)20-3/h5-6,9,15H,4,7-8H2,1-3H3,(H,16,17,18). The number of nitrogens with one attached hydrogen (secondary N) is 2. The van der Waals surface area contributed by atoms with E-state index in [9.17, 15) is 0 Å². The summed E-state index contributed by atoms with van der Waals surface area (Å²) in [5.41, 5.74) is 0.984. The summed E-state index contributed by atoms with van der Waals surface area (Å²) in [5, 5.41) is 10.4. The second-order valence-corrected chi connectivity index (χ2v) is 4.30. The molecule has 1 aromatic carbocycles. The van der Waals surface area contributed by atoms with E-state index in [0.717, 1.165) is 42.5 Å². The molecule has 0 spiro atoms. The van der Waals surface area contributed by atoms with E-state index in [1.54, 1.807) is 14.2 Å². The highest BCUT2D eigenvalue weighted by atomic mass is 16.5. The topological polar surface area (TPSA) is 72.1 Å². The summed E-state index contributed by atoms with van der Waals surface area (Å²) in [6.45, 7) is 2.81. The summed E-state index contributed by atoms with van der Waals surface area (Å²) < 4.78 is 10.5. The number of H-pyrrole nitrogens is 1. The summed E-state index contributed by atoms with van der Waals surface area (Å²) in [6.07, 6.45) is 1.64. The average Bonchev–Trinajstić information content (AvgIpc) is 2.95. The molecule has 2 aromatic rings. The van der Waals surface area contributed by atoms with Gasteiger partial charge in [0.15, 0.2) is 11.5 Å². The van der Waals surface area contributed by atoms with Crippen LogP contribution in [0.4, 0.5) is 5.69 Å². The normalized spacial score (nSPS) is 10.3. The lowest BCUT2D eigenvalue weighted by Gasteiger charge is -2.10. The third kappa shape index (κ3) is 3.40. The Morgan fingerprint density at radius 2 is 2.00 bits per heavy atom. The van der Waals surface area contributed by atoms with Crippen LogP contribution in [-0.4, -0.2) is 35.9 Å². The highest BCUT2D eigenvalue weighted by Crippen LogP contribution is 2.29. The number of rotatable bonds is 7. The first kappa shape index (κ1) is 14.2. The molecule has 1 heterocycles. The van der Waals surface area contributed by atoms with Crippen molar-refractivity contribution in [1.29, 1.82) is 0 Å². The largest absolute Gasteiger partial charge is 0.493 e. The third-order valence-corrected chi connectivity index (χ3v) is 2.97. The second-order valence-electron chi connectivity index (χ2n) is 4.30. The highest BCUT2D eigenvalue weighted by molar-refractivity contribution is 5.54. The van der Waals surface area contributed by atoms with Crippen molar-refractivity contribution < 1.29 is 9.47 Å². The number of hydrogen-bond donors (Lipinski definition) is 2. The molecule has 2 rings (SSSR count). The molecule has 108 valence electrons. The Bertz CT molecular complexity index is 554. The number of benzene rings is 1. The van der Waals surface area contributed by atoms with Gasteiger partial charge < -0.3 is 14.8 Å². The Kier molecular flexibility index (Phi) is 4.81. The van der Waals surface area contributed by atoms with Crippen LogP contribution in [0.1, 0.15) is 18.6 Å². The Morgan fingerprint density at radius 1 is 1.20 bits per heavy atom. The molecule has 0 aliphatic heterocycles. The van der Waals surface area contributed by atoms with Crippen LogP contribution < -0.4 is 14.8 Å². The first-order valence-electron chi connectivity index (χ1n) is 6.62. The molecule has 0 bridgehead atoms. The zero-order valence-corrected chi connectivity index (χ0v) is 12.1. The van der Waals surface area contributed by atoms with Crippen molar-refractivity contribution in [2.75, 3.05) is 26.1 Å². The van der Waals surface area contributed by atoms with E-state index >= 15 is 0 Å². The smallest absolute Gasteiger partial charge is 0.162 e. The maximum Gasteiger partial charge on any atom is 0.162 e. The van der Waals surface area contributed by atoms with Crippen LogP contribution in [0.2, 0.25) is 0 Å². The predicted molar refractivity (Wildman–Crippen MR) is 77.5 cm³/mol. The third-order valence-electron chi connectivity index (χ3n) is 2.97. The van der Waals surface area contributed by atoms with Gasteiger partial charge in [-0.05, 0) is 12.1 Å². The van der Waals surface area contributed by atoms with E-state index in [4.69, 9.17) is 9.47 Å². The molecule has 6 nitrogen and oxygen atoms in total. The van der Waals surface area contributed by atoms with E-state index < -0.39 is 0 Å². The fourth-order valence-corrected chi connectivity index (χ4v) is 1.88. The van der Waals surface area contributed by atoms with Gasteiger partial charge in [-0.2, -0.15) is 5.10 Å². The van der Waals surface area contributed by atoms with Gasteiger partial charge in [-0.3, -0.25) is 5.10 Å². The fraction of sp³-hybridized carbons (Fsp3) is 0.429. The zero-order valence-electron chi connectivity index (χ0n) is 12.1. The molecule has 0 amide bonds. The summed E-state index contributed by atoms with van der Waals surface area (Å²) in [6, 6.07) is 5.75. The summed E-state index contributed by atoms with van der Waals surface area (Å²) in [4.78, 5) is 4.37. The lowest BCUT2D eigenvalue weighted by Crippen LogP contribution is -2.06. The van der Waals surface area contributed by atoms with Crippen molar-refractivity contribution in [2.45, 2.75) is 19.8 Å². The molecule has 0 aliphatic carbocycles. The zero-order chi connectivity index (χ0) is 14.4. The summed E-state index contributed by atoms with van der Waals surface area (Å²) in [5.74, 6) is 3.19. The average molecular weight is 276 g/mol. The van der Waals surface area contributed by atoms with E-state index in [-0.39, 0.29) is 0 Å². The number of aromatic amines is 1. The summed E-state index contributed by atoms with van der Waals surface area (Å²) >= 11 is 0. The molecule has 20 heavy (non-hydrogen) atoms. The minimum atomic E-state index is 0.713. The highest BCUT2D eigenvalue weighted by Gasteiger charge is 2.05. The Hall–Kier alpha value is -2.24. The van der Waals surface area contributed by atoms with Crippen LogP contribution in [-0.2, 0) is 12.8 Å². The van der Waals surface area contributed by atoms with Crippen LogP contribution >= 0.6 is 0 Å². The number of nitrogens with zero attached hydrogens (tertiary/aromatic N) is 2. The number of hydrogen-bond acceptors (Lipinski definition) is 5. The van der Waals surface area contributed by atoms with Crippen LogP contribution in [0.25, 0.3) is 0 Å². The van der Waals surface area contributed by atoms with Gasteiger partial charge in [0.2, 0.25) is 0 Å². The lowest BCUT2D eigenvalue weighted by atomic mass is 10.2. The molecule has 0 atom stereocenters. The van der Waals surface area contributed by atoms with Crippen molar-refractivity contribution in [3.05, 3.63) is 29.8 Å². The van der Waals surface area contributed by atoms with E-state index in [1.807, 2.05) is 25.1 Å². The van der Waals surface area contributed by atoms with Crippen molar-refractivity contribution in [3.63, 3.8) is 0 Å². The van der Waals surface area contributed by atoms with Crippen LogP contribution in [0.5, 0.6) is 11.5 Å². The lowest BCUT2D eigenvalue weighted by molar-refractivity contribution is 0.355. The monoisotopic (exact) mass is 276 g/mol. The van der Waals surface area contributed by atoms with Crippen molar-refractivity contribution in [1.82, 2.24) is 15.2 Å². The first-order valence-corrected chi connectivity index (χ1v) is 6.62.